The summed E-state index contributed by atoms with van der Waals surface area (Å²) in [6.07, 6.45) is -4.56. The van der Waals surface area contributed by atoms with Gasteiger partial charge in [0.1, 0.15) is 12.2 Å². The fourth-order valence-corrected chi connectivity index (χ4v) is 3.01. The normalized spacial score (nSPS) is 11.4. The molecule has 0 aliphatic heterocycles. The number of carbonyl (C=O) groups excluding carboxylic acids is 1. The molecular weight excluding hydrogens is 430 g/mol. The van der Waals surface area contributed by atoms with Crippen LogP contribution in [0.15, 0.2) is 48.5 Å². The summed E-state index contributed by atoms with van der Waals surface area (Å²) in [6.45, 7) is -1.50. The lowest BCUT2D eigenvalue weighted by molar-refractivity contribution is -0.123. The number of alkyl halides is 3. The zero-order valence-corrected chi connectivity index (χ0v) is 16.4. The molecule has 0 unspecified atom stereocenters. The molecule has 1 aromatic heterocycles. The van der Waals surface area contributed by atoms with Gasteiger partial charge in [0.15, 0.2) is 11.4 Å². The van der Waals surface area contributed by atoms with Crippen LogP contribution in [-0.4, -0.2) is 35.5 Å². The number of benzene rings is 2. The van der Waals surface area contributed by atoms with Gasteiger partial charge in [0.2, 0.25) is 0 Å². The number of hydrogen-bond donors (Lipinski definition) is 1. The number of rotatable bonds is 5. The first-order chi connectivity index (χ1) is 13.7. The van der Waals surface area contributed by atoms with Gasteiger partial charge in [0.25, 0.3) is 5.91 Å². The zero-order valence-electron chi connectivity index (χ0n) is 14.9. The molecule has 2 aromatic carbocycles. The van der Waals surface area contributed by atoms with E-state index in [-0.39, 0.29) is 11.4 Å². The van der Waals surface area contributed by atoms with Crippen molar-refractivity contribution in [3.63, 3.8) is 0 Å². The third-order valence-corrected chi connectivity index (χ3v) is 4.48. The number of aromatic nitrogens is 2. The number of methoxy groups -OCH3 is 1. The van der Waals surface area contributed by atoms with Crippen LogP contribution in [0.2, 0.25) is 10.0 Å². The van der Waals surface area contributed by atoms with E-state index in [9.17, 15) is 18.0 Å². The predicted octanol–water partition coefficient (Wildman–Crippen LogP) is 5.15. The quantitative estimate of drug-likeness (QED) is 0.593. The van der Waals surface area contributed by atoms with Crippen LogP contribution in [-0.2, 0) is 0 Å². The Kier molecular flexibility index (Phi) is 6.04. The fraction of sp³-hybridized carbons (Fsp3) is 0.158. The highest BCUT2D eigenvalue weighted by molar-refractivity contribution is 6.32. The van der Waals surface area contributed by atoms with E-state index in [0.29, 0.717) is 27.0 Å². The fourth-order valence-electron chi connectivity index (χ4n) is 2.67. The van der Waals surface area contributed by atoms with Gasteiger partial charge in [-0.25, -0.2) is 4.68 Å². The number of amides is 1. The Morgan fingerprint density at radius 3 is 2.38 bits per heavy atom. The van der Waals surface area contributed by atoms with E-state index in [1.807, 2.05) is 0 Å². The number of halogens is 5. The molecule has 0 atom stereocenters. The van der Waals surface area contributed by atoms with E-state index in [1.165, 1.54) is 11.8 Å². The SMILES string of the molecule is COc1c(C(=O)NCC(F)(F)F)nn(-c2ccccc2Cl)c1-c1ccc(Cl)cc1. The summed E-state index contributed by atoms with van der Waals surface area (Å²) in [5.74, 6) is -1.02. The standard InChI is InChI=1S/C19H14Cl2F3N3O2/c1-29-17-15(18(28)25-10-19(22,23)24)26-27(14-5-3-2-4-13(14)21)16(17)11-6-8-12(20)9-7-11/h2-9H,10H2,1H3,(H,25,28). The van der Waals surface area contributed by atoms with Crippen LogP contribution in [0.25, 0.3) is 16.9 Å². The van der Waals surface area contributed by atoms with Crippen LogP contribution in [0.4, 0.5) is 13.2 Å². The number of para-hydroxylation sites is 1. The van der Waals surface area contributed by atoms with Gasteiger partial charge in [-0.2, -0.15) is 18.3 Å². The summed E-state index contributed by atoms with van der Waals surface area (Å²) >= 11 is 12.2. The highest BCUT2D eigenvalue weighted by atomic mass is 35.5. The van der Waals surface area contributed by atoms with Gasteiger partial charge < -0.3 is 10.1 Å². The summed E-state index contributed by atoms with van der Waals surface area (Å²) in [6, 6.07) is 13.3. The maximum absolute atomic E-state index is 12.5. The first-order valence-corrected chi connectivity index (χ1v) is 8.99. The van der Waals surface area contributed by atoms with E-state index in [2.05, 4.69) is 5.10 Å². The number of carbonyl (C=O) groups is 1. The monoisotopic (exact) mass is 443 g/mol. The summed E-state index contributed by atoms with van der Waals surface area (Å²) in [7, 11) is 1.30. The molecule has 0 aliphatic rings. The average Bonchev–Trinajstić information content (AvgIpc) is 3.06. The second kappa shape index (κ2) is 8.34. The Hall–Kier alpha value is -2.71. The maximum Gasteiger partial charge on any atom is 0.405 e. The number of nitrogens with zero attached hydrogens (tertiary/aromatic N) is 2. The molecule has 0 bridgehead atoms. The van der Waals surface area contributed by atoms with Crippen molar-refractivity contribution >= 4 is 29.1 Å². The highest BCUT2D eigenvalue weighted by Gasteiger charge is 2.31. The van der Waals surface area contributed by atoms with Gasteiger partial charge in [-0.15, -0.1) is 0 Å². The Balaban J connectivity index is 2.19. The second-order valence-corrected chi connectivity index (χ2v) is 6.74. The van der Waals surface area contributed by atoms with Crippen molar-refractivity contribution in [2.24, 2.45) is 0 Å². The van der Waals surface area contributed by atoms with Crippen molar-refractivity contribution in [1.82, 2.24) is 15.1 Å². The van der Waals surface area contributed by atoms with Crippen LogP contribution >= 0.6 is 23.2 Å². The van der Waals surface area contributed by atoms with Gasteiger partial charge in [-0.05, 0) is 24.3 Å². The van der Waals surface area contributed by atoms with Crippen LogP contribution < -0.4 is 10.1 Å². The number of ether oxygens (including phenoxy) is 1. The first kappa shape index (κ1) is 21.0. The third kappa shape index (κ3) is 4.65. The van der Waals surface area contributed by atoms with E-state index >= 15 is 0 Å². The van der Waals surface area contributed by atoms with E-state index in [0.717, 1.165) is 0 Å². The van der Waals surface area contributed by atoms with Crippen LogP contribution in [0.5, 0.6) is 5.75 Å². The smallest absolute Gasteiger partial charge is 0.405 e. The summed E-state index contributed by atoms with van der Waals surface area (Å²) in [5, 5.41) is 6.83. The zero-order chi connectivity index (χ0) is 21.2. The molecule has 0 fully saturated rings. The van der Waals surface area contributed by atoms with Crippen LogP contribution in [0.1, 0.15) is 10.5 Å². The second-order valence-electron chi connectivity index (χ2n) is 5.90. The highest BCUT2D eigenvalue weighted by Crippen LogP contribution is 2.37. The molecule has 5 nitrogen and oxygen atoms in total. The van der Waals surface area contributed by atoms with Crippen molar-refractivity contribution in [3.8, 4) is 22.7 Å². The van der Waals surface area contributed by atoms with Gasteiger partial charge in [0.05, 0.1) is 17.8 Å². The Labute approximate surface area is 174 Å². The van der Waals surface area contributed by atoms with E-state index in [1.54, 1.807) is 53.8 Å². The maximum atomic E-state index is 12.5. The van der Waals surface area contributed by atoms with E-state index in [4.69, 9.17) is 27.9 Å². The minimum Gasteiger partial charge on any atom is -0.492 e. The van der Waals surface area contributed by atoms with Crippen molar-refractivity contribution in [3.05, 3.63) is 64.3 Å². The molecule has 0 radical (unpaired) electrons. The molecule has 29 heavy (non-hydrogen) atoms. The molecule has 152 valence electrons. The van der Waals surface area contributed by atoms with Gasteiger partial charge >= 0.3 is 6.18 Å². The molecule has 3 rings (SSSR count). The molecular formula is C19H14Cl2F3N3O2. The Morgan fingerprint density at radius 1 is 1.14 bits per heavy atom. The summed E-state index contributed by atoms with van der Waals surface area (Å²) in [4.78, 5) is 12.4. The summed E-state index contributed by atoms with van der Waals surface area (Å²) < 4.78 is 44.3. The Morgan fingerprint density at radius 2 is 1.79 bits per heavy atom. The molecule has 10 heteroatoms. The molecule has 0 saturated heterocycles. The molecule has 0 spiro atoms. The predicted molar refractivity (Wildman–Crippen MR) is 104 cm³/mol. The molecule has 0 aliphatic carbocycles. The first-order valence-electron chi connectivity index (χ1n) is 8.24. The minimum atomic E-state index is -4.56. The third-order valence-electron chi connectivity index (χ3n) is 3.91. The molecule has 1 N–H and O–H groups in total. The molecule has 3 aromatic rings. The van der Waals surface area contributed by atoms with Crippen molar-refractivity contribution in [2.75, 3.05) is 13.7 Å². The lowest BCUT2D eigenvalue weighted by Crippen LogP contribution is -2.34. The van der Waals surface area contributed by atoms with Gasteiger partial charge in [-0.1, -0.05) is 47.5 Å². The summed E-state index contributed by atoms with van der Waals surface area (Å²) in [5.41, 5.74) is 1.04. The lowest BCUT2D eigenvalue weighted by Gasteiger charge is -2.11. The van der Waals surface area contributed by atoms with Gasteiger partial charge in [0, 0.05) is 10.6 Å². The Bertz CT molecular complexity index is 1030. The van der Waals surface area contributed by atoms with Crippen molar-refractivity contribution in [1.29, 1.82) is 0 Å². The average molecular weight is 444 g/mol. The number of nitrogens with one attached hydrogen (secondary N) is 1. The molecule has 1 heterocycles. The molecule has 0 saturated carbocycles. The van der Waals surface area contributed by atoms with Crippen molar-refractivity contribution < 1.29 is 22.7 Å². The van der Waals surface area contributed by atoms with Gasteiger partial charge in [-0.3, -0.25) is 4.79 Å². The van der Waals surface area contributed by atoms with E-state index < -0.39 is 18.6 Å². The lowest BCUT2D eigenvalue weighted by atomic mass is 10.1. The van der Waals surface area contributed by atoms with Crippen LogP contribution in [0.3, 0.4) is 0 Å². The topological polar surface area (TPSA) is 56.1 Å². The molecule has 1 amide bonds. The largest absolute Gasteiger partial charge is 0.492 e. The number of hydrogen-bond acceptors (Lipinski definition) is 3. The van der Waals surface area contributed by atoms with Crippen LogP contribution in [0, 0.1) is 0 Å². The van der Waals surface area contributed by atoms with Crippen molar-refractivity contribution in [2.45, 2.75) is 6.18 Å². The minimum absolute atomic E-state index is 0.00640.